The van der Waals surface area contributed by atoms with Crippen molar-refractivity contribution in [3.05, 3.63) is 24.3 Å². The van der Waals surface area contributed by atoms with Gasteiger partial charge >= 0.3 is 5.97 Å². The van der Waals surface area contributed by atoms with E-state index in [1.54, 1.807) is 7.11 Å². The average molecular weight is 263 g/mol. The summed E-state index contributed by atoms with van der Waals surface area (Å²) in [6.45, 7) is 4.03. The highest BCUT2D eigenvalue weighted by Crippen LogP contribution is 2.25. The van der Waals surface area contributed by atoms with E-state index >= 15 is 0 Å². The van der Waals surface area contributed by atoms with Crippen molar-refractivity contribution in [2.45, 2.75) is 19.8 Å². The van der Waals surface area contributed by atoms with E-state index in [2.05, 4.69) is 4.90 Å². The van der Waals surface area contributed by atoms with E-state index in [9.17, 15) is 4.79 Å². The van der Waals surface area contributed by atoms with E-state index in [4.69, 9.17) is 9.47 Å². The summed E-state index contributed by atoms with van der Waals surface area (Å²) in [4.78, 5) is 14.0. The molecule has 1 saturated heterocycles. The second-order valence-corrected chi connectivity index (χ2v) is 4.74. The number of methoxy groups -OCH3 is 1. The lowest BCUT2D eigenvalue weighted by Gasteiger charge is -2.33. The first kappa shape index (κ1) is 13.7. The van der Waals surface area contributed by atoms with Gasteiger partial charge in [-0.25, -0.2) is 0 Å². The summed E-state index contributed by atoms with van der Waals surface area (Å²) in [6.07, 6.45) is 1.95. The summed E-state index contributed by atoms with van der Waals surface area (Å²) >= 11 is 0. The fraction of sp³-hybridized carbons (Fsp3) is 0.533. The minimum atomic E-state index is -0.0688. The van der Waals surface area contributed by atoms with Crippen LogP contribution >= 0.6 is 0 Å². The topological polar surface area (TPSA) is 38.8 Å². The van der Waals surface area contributed by atoms with Crippen LogP contribution in [0.5, 0.6) is 5.75 Å². The number of ether oxygens (including phenoxy) is 2. The SMILES string of the molecule is CCOC(=O)C1CCCN(c2ccc(OC)cc2)C1. The number of esters is 1. The molecule has 0 N–H and O–H groups in total. The molecule has 1 unspecified atom stereocenters. The maximum absolute atomic E-state index is 11.8. The first-order chi connectivity index (χ1) is 9.24. The van der Waals surface area contributed by atoms with Gasteiger partial charge in [-0.3, -0.25) is 4.79 Å². The lowest BCUT2D eigenvalue weighted by Crippen LogP contribution is -2.39. The van der Waals surface area contributed by atoms with Crippen molar-refractivity contribution in [1.29, 1.82) is 0 Å². The molecule has 1 heterocycles. The monoisotopic (exact) mass is 263 g/mol. The normalized spacial score (nSPS) is 19.1. The molecule has 4 nitrogen and oxygen atoms in total. The highest BCUT2D eigenvalue weighted by molar-refractivity contribution is 5.73. The minimum Gasteiger partial charge on any atom is -0.497 e. The molecule has 0 aromatic heterocycles. The number of benzene rings is 1. The van der Waals surface area contributed by atoms with Crippen LogP contribution in [0, 0.1) is 5.92 Å². The van der Waals surface area contributed by atoms with Gasteiger partial charge in [0.05, 0.1) is 19.6 Å². The molecular weight excluding hydrogens is 242 g/mol. The molecule has 0 radical (unpaired) electrons. The zero-order valence-electron chi connectivity index (χ0n) is 11.6. The molecule has 104 valence electrons. The van der Waals surface area contributed by atoms with Gasteiger partial charge in [-0.1, -0.05) is 0 Å². The van der Waals surface area contributed by atoms with Crippen LogP contribution in [0.4, 0.5) is 5.69 Å². The van der Waals surface area contributed by atoms with Crippen molar-refractivity contribution in [1.82, 2.24) is 0 Å². The predicted molar refractivity (Wildman–Crippen MR) is 74.6 cm³/mol. The predicted octanol–water partition coefficient (Wildman–Crippen LogP) is 2.47. The Morgan fingerprint density at radius 3 is 2.74 bits per heavy atom. The van der Waals surface area contributed by atoms with Crippen molar-refractivity contribution in [3.63, 3.8) is 0 Å². The maximum Gasteiger partial charge on any atom is 0.310 e. The largest absolute Gasteiger partial charge is 0.497 e. The molecule has 0 bridgehead atoms. The summed E-state index contributed by atoms with van der Waals surface area (Å²) in [6, 6.07) is 7.96. The van der Waals surface area contributed by atoms with Crippen LogP contribution in [-0.4, -0.2) is 32.8 Å². The Bertz CT molecular complexity index is 416. The minimum absolute atomic E-state index is 0.00389. The molecule has 1 aromatic rings. The number of rotatable bonds is 4. The molecule has 1 fully saturated rings. The van der Waals surface area contributed by atoms with E-state index in [-0.39, 0.29) is 11.9 Å². The lowest BCUT2D eigenvalue weighted by atomic mass is 9.97. The summed E-state index contributed by atoms with van der Waals surface area (Å²) in [7, 11) is 1.66. The number of carbonyl (C=O) groups is 1. The van der Waals surface area contributed by atoms with Crippen molar-refractivity contribution < 1.29 is 14.3 Å². The number of piperidine rings is 1. The van der Waals surface area contributed by atoms with Crippen LogP contribution in [0.2, 0.25) is 0 Å². The zero-order valence-corrected chi connectivity index (χ0v) is 11.6. The van der Waals surface area contributed by atoms with Gasteiger partial charge in [0.25, 0.3) is 0 Å². The Morgan fingerprint density at radius 2 is 2.11 bits per heavy atom. The molecule has 4 heteroatoms. The highest BCUT2D eigenvalue weighted by atomic mass is 16.5. The van der Waals surface area contributed by atoms with Gasteiger partial charge in [-0.15, -0.1) is 0 Å². The average Bonchev–Trinajstić information content (AvgIpc) is 2.48. The van der Waals surface area contributed by atoms with Crippen molar-refractivity contribution in [3.8, 4) is 5.75 Å². The van der Waals surface area contributed by atoms with Gasteiger partial charge in [0.2, 0.25) is 0 Å². The van der Waals surface area contributed by atoms with Crippen LogP contribution in [0.3, 0.4) is 0 Å². The van der Waals surface area contributed by atoms with Gasteiger partial charge in [0.15, 0.2) is 0 Å². The smallest absolute Gasteiger partial charge is 0.310 e. The molecule has 1 aromatic carbocycles. The third kappa shape index (κ3) is 3.40. The number of nitrogens with zero attached hydrogens (tertiary/aromatic N) is 1. The Kier molecular flexibility index (Phi) is 4.66. The Morgan fingerprint density at radius 1 is 1.37 bits per heavy atom. The standard InChI is InChI=1S/C15H21NO3/c1-3-19-15(17)12-5-4-10-16(11-12)13-6-8-14(18-2)9-7-13/h6-9,12H,3-5,10-11H2,1-2H3. The fourth-order valence-corrected chi connectivity index (χ4v) is 2.46. The molecule has 0 saturated carbocycles. The van der Waals surface area contributed by atoms with Crippen LogP contribution in [0.15, 0.2) is 24.3 Å². The summed E-state index contributed by atoms with van der Waals surface area (Å²) in [5.74, 6) is 0.777. The van der Waals surface area contributed by atoms with Crippen LogP contribution < -0.4 is 9.64 Å². The molecule has 1 aliphatic rings. The second-order valence-electron chi connectivity index (χ2n) is 4.74. The Hall–Kier alpha value is -1.71. The second kappa shape index (κ2) is 6.45. The van der Waals surface area contributed by atoms with E-state index in [0.717, 1.165) is 37.4 Å². The van der Waals surface area contributed by atoms with E-state index in [1.807, 2.05) is 31.2 Å². The van der Waals surface area contributed by atoms with Crippen LogP contribution in [0.25, 0.3) is 0 Å². The molecule has 2 rings (SSSR count). The molecule has 19 heavy (non-hydrogen) atoms. The van der Waals surface area contributed by atoms with E-state index < -0.39 is 0 Å². The molecule has 1 aliphatic heterocycles. The van der Waals surface area contributed by atoms with Crippen LogP contribution in [-0.2, 0) is 9.53 Å². The van der Waals surface area contributed by atoms with Crippen molar-refractivity contribution in [2.75, 3.05) is 31.7 Å². The highest BCUT2D eigenvalue weighted by Gasteiger charge is 2.26. The van der Waals surface area contributed by atoms with Crippen molar-refractivity contribution >= 4 is 11.7 Å². The first-order valence-corrected chi connectivity index (χ1v) is 6.80. The van der Waals surface area contributed by atoms with Gasteiger partial charge in [-0.2, -0.15) is 0 Å². The molecule has 0 spiro atoms. The molecule has 0 aliphatic carbocycles. The van der Waals surface area contributed by atoms with Gasteiger partial charge < -0.3 is 14.4 Å². The van der Waals surface area contributed by atoms with Gasteiger partial charge in [0, 0.05) is 18.8 Å². The lowest BCUT2D eigenvalue weighted by molar-refractivity contribution is -0.148. The zero-order chi connectivity index (χ0) is 13.7. The fourth-order valence-electron chi connectivity index (χ4n) is 2.46. The summed E-state index contributed by atoms with van der Waals surface area (Å²) in [5.41, 5.74) is 1.13. The number of hydrogen-bond acceptors (Lipinski definition) is 4. The van der Waals surface area contributed by atoms with E-state index in [1.165, 1.54) is 0 Å². The quantitative estimate of drug-likeness (QED) is 0.782. The van der Waals surface area contributed by atoms with Gasteiger partial charge in [0.1, 0.15) is 5.75 Å². The van der Waals surface area contributed by atoms with Gasteiger partial charge in [-0.05, 0) is 44.0 Å². The van der Waals surface area contributed by atoms with Crippen molar-refractivity contribution in [2.24, 2.45) is 5.92 Å². The van der Waals surface area contributed by atoms with Crippen LogP contribution in [0.1, 0.15) is 19.8 Å². The number of hydrogen-bond donors (Lipinski definition) is 0. The molecule has 0 amide bonds. The molecule has 1 atom stereocenters. The summed E-state index contributed by atoms with van der Waals surface area (Å²) < 4.78 is 10.3. The number of carbonyl (C=O) groups excluding carboxylic acids is 1. The molecular formula is C15H21NO3. The first-order valence-electron chi connectivity index (χ1n) is 6.80. The number of anilines is 1. The Balaban J connectivity index is 2.01. The summed E-state index contributed by atoms with van der Waals surface area (Å²) in [5, 5.41) is 0. The van der Waals surface area contributed by atoms with E-state index in [0.29, 0.717) is 6.61 Å². The third-order valence-electron chi connectivity index (χ3n) is 3.48. The third-order valence-corrected chi connectivity index (χ3v) is 3.48. The Labute approximate surface area is 114 Å². The maximum atomic E-state index is 11.8.